The van der Waals surface area contributed by atoms with E-state index in [0.29, 0.717) is 17.2 Å². The van der Waals surface area contributed by atoms with Gasteiger partial charge in [-0.2, -0.15) is 0 Å². The Morgan fingerprint density at radius 2 is 2.05 bits per heavy atom. The molecule has 1 aromatic carbocycles. The number of unbranched alkanes of at least 4 members (excludes halogenated alkanes) is 1. The van der Waals surface area contributed by atoms with Gasteiger partial charge in [-0.25, -0.2) is 4.39 Å². The molecule has 0 aliphatic carbocycles. The molecule has 0 amide bonds. The Kier molecular flexibility index (Phi) is 6.43. The van der Waals surface area contributed by atoms with Crippen molar-refractivity contribution in [3.8, 4) is 0 Å². The van der Waals surface area contributed by atoms with E-state index < -0.39 is 16.6 Å². The fraction of sp³-hybridized carbons (Fsp3) is 0.571. The lowest BCUT2D eigenvalue weighted by Crippen LogP contribution is -2.23. The van der Waals surface area contributed by atoms with Gasteiger partial charge in [0.05, 0.1) is 15.8 Å². The first-order valence-electron chi connectivity index (χ1n) is 6.39. The molecule has 0 heterocycles. The Bertz CT molecular complexity index is 451. The molecule has 0 bridgehead atoms. The molecule has 0 fully saturated rings. The molecular formula is C14H21ClFNOS. The van der Waals surface area contributed by atoms with Crippen molar-refractivity contribution in [3.05, 3.63) is 29.0 Å². The Morgan fingerprint density at radius 3 is 2.63 bits per heavy atom. The largest absolute Gasteiger partial charge is 0.330 e. The van der Waals surface area contributed by atoms with E-state index in [9.17, 15) is 8.60 Å². The predicted octanol–water partition coefficient (Wildman–Crippen LogP) is 3.74. The van der Waals surface area contributed by atoms with Crippen molar-refractivity contribution in [1.29, 1.82) is 0 Å². The van der Waals surface area contributed by atoms with Gasteiger partial charge in [-0.3, -0.25) is 4.21 Å². The van der Waals surface area contributed by atoms with Gasteiger partial charge in [0.25, 0.3) is 0 Å². The molecule has 19 heavy (non-hydrogen) atoms. The van der Waals surface area contributed by atoms with Gasteiger partial charge in [-0.15, -0.1) is 0 Å². The van der Waals surface area contributed by atoms with E-state index in [-0.39, 0.29) is 10.4 Å². The highest BCUT2D eigenvalue weighted by Gasteiger charge is 2.15. The average molecular weight is 306 g/mol. The molecule has 1 rings (SSSR count). The summed E-state index contributed by atoms with van der Waals surface area (Å²) in [5.74, 6) is 0.0925. The number of benzene rings is 1. The van der Waals surface area contributed by atoms with Crippen molar-refractivity contribution in [2.24, 2.45) is 11.1 Å². The molecule has 0 saturated heterocycles. The normalized spacial score (nSPS) is 13.5. The van der Waals surface area contributed by atoms with Crippen LogP contribution in [0.15, 0.2) is 23.1 Å². The second-order valence-corrected chi connectivity index (χ2v) is 7.43. The minimum atomic E-state index is -1.11. The van der Waals surface area contributed by atoms with Crippen molar-refractivity contribution in [3.63, 3.8) is 0 Å². The van der Waals surface area contributed by atoms with Crippen molar-refractivity contribution < 1.29 is 8.60 Å². The summed E-state index contributed by atoms with van der Waals surface area (Å²) < 4.78 is 25.0. The molecule has 1 aromatic rings. The molecule has 0 saturated carbocycles. The van der Waals surface area contributed by atoms with Gasteiger partial charge < -0.3 is 5.73 Å². The molecule has 0 aliphatic rings. The summed E-state index contributed by atoms with van der Waals surface area (Å²) in [5.41, 5.74) is 5.80. The molecule has 0 aliphatic heterocycles. The van der Waals surface area contributed by atoms with E-state index in [2.05, 4.69) is 13.8 Å². The lowest BCUT2D eigenvalue weighted by molar-refractivity contribution is 0.336. The van der Waals surface area contributed by atoms with Gasteiger partial charge in [0.2, 0.25) is 0 Å². The van der Waals surface area contributed by atoms with Crippen LogP contribution in [0.5, 0.6) is 0 Å². The third kappa shape index (κ3) is 5.59. The maximum absolute atomic E-state index is 13.0. The summed E-state index contributed by atoms with van der Waals surface area (Å²) in [5, 5.41) is 0.0233. The molecule has 2 N–H and O–H groups in total. The Balaban J connectivity index is 2.41. The first-order chi connectivity index (χ1) is 8.85. The number of hydrogen-bond acceptors (Lipinski definition) is 2. The quantitative estimate of drug-likeness (QED) is 0.780. The van der Waals surface area contributed by atoms with E-state index in [1.165, 1.54) is 18.2 Å². The third-order valence-corrected chi connectivity index (χ3v) is 4.87. The van der Waals surface area contributed by atoms with Crippen LogP contribution in [0.4, 0.5) is 4.39 Å². The van der Waals surface area contributed by atoms with Gasteiger partial charge in [-0.05, 0) is 43.0 Å². The summed E-state index contributed by atoms with van der Waals surface area (Å²) in [6, 6.07) is 4.23. The van der Waals surface area contributed by atoms with E-state index in [4.69, 9.17) is 17.3 Å². The van der Waals surface area contributed by atoms with Gasteiger partial charge in [-0.1, -0.05) is 31.9 Å². The molecular weight excluding hydrogens is 285 g/mol. The highest BCUT2D eigenvalue weighted by Crippen LogP contribution is 2.22. The first-order valence-corrected chi connectivity index (χ1v) is 8.09. The second-order valence-electron chi connectivity index (χ2n) is 5.45. The standard InChI is InChI=1S/C14H21ClFNOS/c1-14(2,10-17)7-3-4-8-19(18)11-5-6-13(16)12(15)9-11/h5-6,9H,3-4,7-8,10,17H2,1-2H3. The summed E-state index contributed by atoms with van der Waals surface area (Å²) in [7, 11) is -1.11. The SMILES string of the molecule is CC(C)(CN)CCCCS(=O)c1ccc(F)c(Cl)c1. The number of hydrogen-bond donors (Lipinski definition) is 1. The molecule has 0 aromatic heterocycles. The topological polar surface area (TPSA) is 43.1 Å². The maximum Gasteiger partial charge on any atom is 0.141 e. The zero-order chi connectivity index (χ0) is 14.5. The van der Waals surface area contributed by atoms with Crippen molar-refractivity contribution in [2.75, 3.05) is 12.3 Å². The summed E-state index contributed by atoms with van der Waals surface area (Å²) >= 11 is 5.67. The Morgan fingerprint density at radius 1 is 1.37 bits per heavy atom. The molecule has 0 radical (unpaired) electrons. The van der Waals surface area contributed by atoms with Gasteiger partial charge in [0, 0.05) is 10.6 Å². The van der Waals surface area contributed by atoms with Crippen molar-refractivity contribution in [2.45, 2.75) is 38.0 Å². The Labute approximate surface area is 122 Å². The summed E-state index contributed by atoms with van der Waals surface area (Å²) in [6.45, 7) is 4.91. The lowest BCUT2D eigenvalue weighted by Gasteiger charge is -2.21. The zero-order valence-corrected chi connectivity index (χ0v) is 13.0. The summed E-state index contributed by atoms with van der Waals surface area (Å²) in [6.07, 6.45) is 2.88. The fourth-order valence-corrected chi connectivity index (χ4v) is 3.09. The Hall–Kier alpha value is -0.450. The molecule has 1 unspecified atom stereocenters. The van der Waals surface area contributed by atoms with Crippen LogP contribution in [0.2, 0.25) is 5.02 Å². The van der Waals surface area contributed by atoms with E-state index >= 15 is 0 Å². The van der Waals surface area contributed by atoms with Crippen LogP contribution in [0.3, 0.4) is 0 Å². The molecule has 5 heteroatoms. The third-order valence-electron chi connectivity index (χ3n) is 3.14. The number of nitrogens with two attached hydrogens (primary N) is 1. The zero-order valence-electron chi connectivity index (χ0n) is 11.4. The van der Waals surface area contributed by atoms with Gasteiger partial charge in [0.15, 0.2) is 0 Å². The maximum atomic E-state index is 13.0. The smallest absolute Gasteiger partial charge is 0.141 e. The monoisotopic (exact) mass is 305 g/mol. The lowest BCUT2D eigenvalue weighted by atomic mass is 9.88. The second kappa shape index (κ2) is 7.36. The van der Waals surface area contributed by atoms with E-state index in [0.717, 1.165) is 19.3 Å². The number of halogens is 2. The van der Waals surface area contributed by atoms with Crippen LogP contribution in [0.1, 0.15) is 33.1 Å². The number of rotatable bonds is 7. The molecule has 0 spiro atoms. The molecule has 108 valence electrons. The van der Waals surface area contributed by atoms with Crippen LogP contribution < -0.4 is 5.73 Å². The van der Waals surface area contributed by atoms with Crippen LogP contribution in [-0.2, 0) is 10.8 Å². The minimum Gasteiger partial charge on any atom is -0.330 e. The fourth-order valence-electron chi connectivity index (χ4n) is 1.68. The predicted molar refractivity (Wildman–Crippen MR) is 79.4 cm³/mol. The summed E-state index contributed by atoms with van der Waals surface area (Å²) in [4.78, 5) is 0.587. The molecule has 2 nitrogen and oxygen atoms in total. The van der Waals surface area contributed by atoms with Crippen molar-refractivity contribution >= 4 is 22.4 Å². The van der Waals surface area contributed by atoms with Gasteiger partial charge >= 0.3 is 0 Å². The van der Waals surface area contributed by atoms with Crippen LogP contribution in [-0.4, -0.2) is 16.5 Å². The van der Waals surface area contributed by atoms with Crippen molar-refractivity contribution in [1.82, 2.24) is 0 Å². The van der Waals surface area contributed by atoms with E-state index in [1.54, 1.807) is 0 Å². The first kappa shape index (κ1) is 16.6. The van der Waals surface area contributed by atoms with E-state index in [1.807, 2.05) is 0 Å². The average Bonchev–Trinajstić information content (AvgIpc) is 2.37. The van der Waals surface area contributed by atoms with Crippen LogP contribution in [0.25, 0.3) is 0 Å². The van der Waals surface area contributed by atoms with Crippen LogP contribution >= 0.6 is 11.6 Å². The highest BCUT2D eigenvalue weighted by molar-refractivity contribution is 7.85. The molecule has 1 atom stereocenters. The van der Waals surface area contributed by atoms with Crippen LogP contribution in [0, 0.1) is 11.2 Å². The highest BCUT2D eigenvalue weighted by atomic mass is 35.5. The minimum absolute atomic E-state index is 0.0233. The van der Waals surface area contributed by atoms with Gasteiger partial charge in [0.1, 0.15) is 5.82 Å².